The monoisotopic (exact) mass is 901 g/mol. The Labute approximate surface area is 389 Å². The third kappa shape index (κ3) is 9.12. The van der Waals surface area contributed by atoms with Gasteiger partial charge in [-0.1, -0.05) is 97.1 Å². The summed E-state index contributed by atoms with van der Waals surface area (Å²) in [5.74, 6) is -1.44. The first-order valence-electron chi connectivity index (χ1n) is 21.6. The van der Waals surface area contributed by atoms with E-state index >= 15 is 8.63 Å². The van der Waals surface area contributed by atoms with Gasteiger partial charge in [0.15, 0.2) is 5.84 Å². The van der Waals surface area contributed by atoms with Crippen LogP contribution in [-0.4, -0.2) is 35.4 Å². The molecule has 12 heteroatoms. The van der Waals surface area contributed by atoms with E-state index < -0.39 is 31.0 Å². The van der Waals surface area contributed by atoms with E-state index in [0.29, 0.717) is 44.7 Å². The molecule has 2 aliphatic carbocycles. The molecule has 0 bridgehead atoms. The van der Waals surface area contributed by atoms with Gasteiger partial charge in [0, 0.05) is 34.2 Å². The van der Waals surface area contributed by atoms with Crippen LogP contribution in [0.3, 0.4) is 0 Å². The van der Waals surface area contributed by atoms with Crippen molar-refractivity contribution in [3.8, 4) is 33.9 Å². The largest absolute Gasteiger partial charge is 0.679 e. The van der Waals surface area contributed by atoms with Crippen LogP contribution < -0.4 is 9.47 Å². The summed E-state index contributed by atoms with van der Waals surface area (Å²) >= 11 is 0. The van der Waals surface area contributed by atoms with Crippen LogP contribution in [0.2, 0.25) is 0 Å². The van der Waals surface area contributed by atoms with Crippen molar-refractivity contribution in [2.24, 2.45) is 9.98 Å². The molecular weight excluding hydrogens is 865 g/mol. The molecule has 10 rings (SSSR count). The number of ether oxygens (including phenoxy) is 2. The fourth-order valence-electron chi connectivity index (χ4n) is 8.18. The summed E-state index contributed by atoms with van der Waals surface area (Å²) in [6.45, 7) is 0. The van der Waals surface area contributed by atoms with Gasteiger partial charge in [-0.2, -0.15) is 0 Å². The molecule has 0 saturated heterocycles. The Bertz CT molecular complexity index is 3250. The predicted octanol–water partition coefficient (Wildman–Crippen LogP) is 13.3. The molecule has 0 amide bonds. The summed E-state index contributed by atoms with van der Waals surface area (Å²) in [7, 11) is -3.12. The van der Waals surface area contributed by atoms with E-state index in [9.17, 15) is 18.4 Å². The molecule has 6 aromatic carbocycles. The van der Waals surface area contributed by atoms with Crippen LogP contribution >= 0.6 is 0 Å². The van der Waals surface area contributed by atoms with Gasteiger partial charge in [0.25, 0.3) is 0 Å². The Kier molecular flexibility index (Phi) is 11.9. The van der Waals surface area contributed by atoms with Gasteiger partial charge in [0.2, 0.25) is 0 Å². The van der Waals surface area contributed by atoms with Crippen LogP contribution in [0.15, 0.2) is 216 Å². The maximum absolute atomic E-state index is 15.6. The second kappa shape index (κ2) is 18.7. The first-order chi connectivity index (χ1) is 33.1. The number of amidine groups is 1. The zero-order valence-corrected chi connectivity index (χ0v) is 35.8. The molecular formula is C56H36BF4N3O4. The van der Waals surface area contributed by atoms with Gasteiger partial charge in [0.05, 0.1) is 16.8 Å². The van der Waals surface area contributed by atoms with Gasteiger partial charge in [-0.15, -0.1) is 0 Å². The van der Waals surface area contributed by atoms with Gasteiger partial charge in [-0.3, -0.25) is 8.63 Å². The minimum atomic E-state index is -3.12. The quantitative estimate of drug-likeness (QED) is 0.0529. The van der Waals surface area contributed by atoms with Gasteiger partial charge < -0.3 is 14.0 Å². The first kappa shape index (κ1) is 43.3. The van der Waals surface area contributed by atoms with E-state index in [1.807, 2.05) is 48.6 Å². The fourth-order valence-corrected chi connectivity index (χ4v) is 8.18. The number of hydrogen-bond donors (Lipinski definition) is 0. The van der Waals surface area contributed by atoms with Crippen molar-refractivity contribution in [2.75, 3.05) is 0 Å². The molecule has 0 fully saturated rings. The number of benzene rings is 6. The van der Waals surface area contributed by atoms with E-state index in [4.69, 9.17) is 19.5 Å². The summed E-state index contributed by atoms with van der Waals surface area (Å²) in [4.78, 5) is 35.8. The maximum atomic E-state index is 15.6. The number of allylic oxidation sites excluding steroid dienone is 9. The lowest BCUT2D eigenvalue weighted by atomic mass is 10.00. The van der Waals surface area contributed by atoms with Crippen LogP contribution in [0.1, 0.15) is 54.8 Å². The van der Waals surface area contributed by atoms with Crippen molar-refractivity contribution in [3.63, 3.8) is 0 Å². The Hall–Kier alpha value is -8.64. The Morgan fingerprint density at radius 1 is 0.544 bits per heavy atom. The lowest BCUT2D eigenvalue weighted by Crippen LogP contribution is -2.14. The zero-order chi connectivity index (χ0) is 46.7. The SMILES string of the molecule is O=C(Oc1ccc(C2=N/C(=N\c3c(-c4ccc(F)cc4)cc(-c4ccc(OC(=O)c5ccc(C6C=CC=C6)cc5)cc4)n3B(F)F)C(c3ccc(F)cc3)=C2)cc1)c1ccc(C2C=CC=C2)cc1. The van der Waals surface area contributed by atoms with Crippen molar-refractivity contribution in [2.45, 2.75) is 11.8 Å². The second-order valence-electron chi connectivity index (χ2n) is 16.1. The predicted molar refractivity (Wildman–Crippen MR) is 258 cm³/mol. The van der Waals surface area contributed by atoms with Crippen molar-refractivity contribution in [3.05, 3.63) is 251 Å². The van der Waals surface area contributed by atoms with Crippen LogP contribution in [0, 0.1) is 11.6 Å². The molecule has 7 nitrogen and oxygen atoms in total. The number of nitrogens with zero attached hydrogens (tertiary/aromatic N) is 3. The Balaban J connectivity index is 0.966. The number of aromatic nitrogens is 1. The maximum Gasteiger partial charge on any atom is 0.679 e. The highest BCUT2D eigenvalue weighted by Gasteiger charge is 2.30. The molecule has 68 heavy (non-hydrogen) atoms. The third-order valence-corrected chi connectivity index (χ3v) is 11.8. The normalized spacial score (nSPS) is 14.7. The minimum absolute atomic E-state index is 0.0514. The number of halogens is 4. The third-order valence-electron chi connectivity index (χ3n) is 11.8. The second-order valence-corrected chi connectivity index (χ2v) is 16.1. The standard InChI is InChI=1S/C56H36BF4N3O4/c58-45-25-17-39(18-26-45)49-33-51(41-21-29-47(30-22-41)67-55(65)43-13-9-37(10-14-43)35-5-1-2-6-35)62-53(49)63-54-50(40-19-27-46(59)28-20-40)34-52(64(54)57(60)61)42-23-31-48(32-24-42)68-56(66)44-15-11-38(12-16-44)36-7-3-4-8-36/h1-36H/b63-53-. The molecule has 7 aromatic rings. The fraction of sp³-hybridized carbons (Fsp3) is 0.0357. The zero-order valence-electron chi connectivity index (χ0n) is 35.8. The lowest BCUT2D eigenvalue weighted by Gasteiger charge is -2.11. The molecule has 330 valence electrons. The number of rotatable bonds is 12. The summed E-state index contributed by atoms with van der Waals surface area (Å²) in [5.41, 5.74) is 5.85. The average Bonchev–Trinajstić information content (AvgIpc) is 4.22. The van der Waals surface area contributed by atoms with Crippen molar-refractivity contribution in [1.82, 2.24) is 4.48 Å². The molecule has 0 atom stereocenters. The average molecular weight is 902 g/mol. The number of aliphatic imine (C=N–C) groups is 2. The Morgan fingerprint density at radius 3 is 1.46 bits per heavy atom. The summed E-state index contributed by atoms with van der Waals surface area (Å²) < 4.78 is 71.7. The van der Waals surface area contributed by atoms with E-state index in [-0.39, 0.29) is 46.2 Å². The molecule has 0 unspecified atom stereocenters. The van der Waals surface area contributed by atoms with Crippen molar-refractivity contribution >= 4 is 42.3 Å². The summed E-state index contributed by atoms with van der Waals surface area (Å²) in [5, 5.41) is 0. The van der Waals surface area contributed by atoms with Crippen LogP contribution in [-0.2, 0) is 0 Å². The number of esters is 2. The molecule has 1 aliphatic heterocycles. The Morgan fingerprint density at radius 2 is 0.985 bits per heavy atom. The molecule has 2 heterocycles. The van der Waals surface area contributed by atoms with E-state index in [2.05, 4.69) is 24.3 Å². The van der Waals surface area contributed by atoms with Crippen molar-refractivity contribution in [1.29, 1.82) is 0 Å². The number of carbonyl (C=O) groups excluding carboxylic acids is 2. The lowest BCUT2D eigenvalue weighted by molar-refractivity contribution is 0.0725. The molecule has 1 aromatic heterocycles. The van der Waals surface area contributed by atoms with E-state index in [1.54, 1.807) is 78.9 Å². The van der Waals surface area contributed by atoms with Gasteiger partial charge in [-0.25, -0.2) is 28.4 Å². The topological polar surface area (TPSA) is 82.2 Å². The molecule has 0 spiro atoms. The van der Waals surface area contributed by atoms with Gasteiger partial charge >= 0.3 is 19.3 Å². The van der Waals surface area contributed by atoms with Crippen LogP contribution in [0.5, 0.6) is 11.5 Å². The molecule has 0 saturated carbocycles. The van der Waals surface area contributed by atoms with Gasteiger partial charge in [-0.05, 0) is 137 Å². The van der Waals surface area contributed by atoms with Crippen LogP contribution in [0.4, 0.5) is 23.2 Å². The van der Waals surface area contributed by atoms with Crippen LogP contribution in [0.25, 0.3) is 28.0 Å². The summed E-state index contributed by atoms with van der Waals surface area (Å²) in [6.07, 6.45) is 17.9. The molecule has 0 radical (unpaired) electrons. The molecule has 3 aliphatic rings. The highest BCUT2D eigenvalue weighted by atomic mass is 19.2. The van der Waals surface area contributed by atoms with E-state index in [1.165, 1.54) is 54.6 Å². The highest BCUT2D eigenvalue weighted by Crippen LogP contribution is 2.41. The van der Waals surface area contributed by atoms with Gasteiger partial charge in [0.1, 0.15) is 29.0 Å². The molecule has 0 N–H and O–H groups in total. The minimum Gasteiger partial charge on any atom is -0.423 e. The smallest absolute Gasteiger partial charge is 0.423 e. The number of hydrogen-bond acceptors (Lipinski definition) is 5. The highest BCUT2D eigenvalue weighted by molar-refractivity contribution is 6.43. The number of carbonyl (C=O) groups is 2. The van der Waals surface area contributed by atoms with Crippen molar-refractivity contribution < 1.29 is 36.5 Å². The first-order valence-corrected chi connectivity index (χ1v) is 21.6. The van der Waals surface area contributed by atoms with E-state index in [0.717, 1.165) is 15.6 Å². The summed E-state index contributed by atoms with van der Waals surface area (Å²) in [6, 6.07) is 39.7.